The van der Waals surface area contributed by atoms with E-state index in [0.29, 0.717) is 53.4 Å². The predicted octanol–water partition coefficient (Wildman–Crippen LogP) is 4.11. The van der Waals surface area contributed by atoms with Gasteiger partial charge in [-0.05, 0) is 42.3 Å². The third kappa shape index (κ3) is 5.48. The van der Waals surface area contributed by atoms with Crippen LogP contribution in [0.2, 0.25) is 5.02 Å². The lowest BCUT2D eigenvalue weighted by atomic mass is 10.1. The smallest absolute Gasteiger partial charge is 0.255 e. The molecule has 0 aromatic heterocycles. The van der Waals surface area contributed by atoms with Gasteiger partial charge in [-0.25, -0.2) is 4.39 Å². The van der Waals surface area contributed by atoms with E-state index in [1.807, 2.05) is 0 Å². The van der Waals surface area contributed by atoms with Crippen LogP contribution >= 0.6 is 11.6 Å². The number of rotatable bonds is 5. The molecule has 0 unspecified atom stereocenters. The maximum Gasteiger partial charge on any atom is 0.255 e. The van der Waals surface area contributed by atoms with E-state index in [1.54, 1.807) is 49.1 Å². The van der Waals surface area contributed by atoms with Gasteiger partial charge in [-0.3, -0.25) is 9.59 Å². The largest absolute Gasteiger partial charge is 0.489 e. The second-order valence-electron chi connectivity index (χ2n) is 7.23. The molecule has 2 amide bonds. The summed E-state index contributed by atoms with van der Waals surface area (Å²) < 4.78 is 19.8. The number of ether oxygens (including phenoxy) is 1. The molecule has 0 radical (unpaired) electrons. The average Bonchev–Trinajstić information content (AvgIpc) is 2.70. The maximum atomic E-state index is 13.7. The van der Waals surface area contributed by atoms with Crippen molar-refractivity contribution < 1.29 is 18.7 Å². The first-order valence-corrected chi connectivity index (χ1v) is 9.96. The second-order valence-corrected chi connectivity index (χ2v) is 7.67. The number of likely N-dealkylation sites (tertiary alicyclic amines) is 1. The summed E-state index contributed by atoms with van der Waals surface area (Å²) in [6.07, 6.45) is 1.32. The van der Waals surface area contributed by atoms with E-state index in [4.69, 9.17) is 16.3 Å². The quantitative estimate of drug-likeness (QED) is 0.795. The minimum Gasteiger partial charge on any atom is -0.489 e. The van der Waals surface area contributed by atoms with E-state index in [9.17, 15) is 14.0 Å². The minimum atomic E-state index is -0.343. The van der Waals surface area contributed by atoms with Gasteiger partial charge in [-0.15, -0.1) is 0 Å². The summed E-state index contributed by atoms with van der Waals surface area (Å²) in [7, 11) is 0. The summed E-state index contributed by atoms with van der Waals surface area (Å²) in [6.45, 7) is 4.71. The fourth-order valence-electron chi connectivity index (χ4n) is 3.27. The molecule has 0 saturated carbocycles. The number of hydrogen-bond acceptors (Lipinski definition) is 3. The average molecular weight is 419 g/mol. The molecule has 29 heavy (non-hydrogen) atoms. The van der Waals surface area contributed by atoms with Gasteiger partial charge in [0.1, 0.15) is 17.7 Å². The SMILES string of the molecule is CC(=O)N1CCC(Oc2ccc(Cl)cc2C(=O)NCc2ccc(C)c(F)c2)CC1. The molecule has 7 heteroatoms. The fraction of sp³-hybridized carbons (Fsp3) is 0.364. The molecule has 1 saturated heterocycles. The molecule has 0 atom stereocenters. The molecule has 1 aliphatic heterocycles. The van der Waals surface area contributed by atoms with Crippen molar-refractivity contribution in [1.29, 1.82) is 0 Å². The van der Waals surface area contributed by atoms with E-state index in [1.165, 1.54) is 6.07 Å². The Morgan fingerprint density at radius 3 is 2.59 bits per heavy atom. The fourth-order valence-corrected chi connectivity index (χ4v) is 3.45. The molecule has 1 heterocycles. The first-order chi connectivity index (χ1) is 13.8. The van der Waals surface area contributed by atoms with Gasteiger partial charge in [0, 0.05) is 44.4 Å². The monoisotopic (exact) mass is 418 g/mol. The summed E-state index contributed by atoms with van der Waals surface area (Å²) in [6, 6.07) is 9.78. The van der Waals surface area contributed by atoms with Crippen LogP contribution in [0.25, 0.3) is 0 Å². The van der Waals surface area contributed by atoms with Gasteiger partial charge in [0.15, 0.2) is 0 Å². The molecule has 5 nitrogen and oxygen atoms in total. The Kier molecular flexibility index (Phi) is 6.75. The Balaban J connectivity index is 1.67. The molecule has 1 N–H and O–H groups in total. The topological polar surface area (TPSA) is 58.6 Å². The van der Waals surface area contributed by atoms with Crippen LogP contribution in [0.1, 0.15) is 41.3 Å². The predicted molar refractivity (Wildman–Crippen MR) is 110 cm³/mol. The maximum absolute atomic E-state index is 13.7. The lowest BCUT2D eigenvalue weighted by Gasteiger charge is -2.31. The van der Waals surface area contributed by atoms with E-state index in [2.05, 4.69) is 5.32 Å². The van der Waals surface area contributed by atoms with Gasteiger partial charge in [-0.2, -0.15) is 0 Å². The zero-order valence-electron chi connectivity index (χ0n) is 16.5. The summed E-state index contributed by atoms with van der Waals surface area (Å²) in [4.78, 5) is 26.0. The zero-order valence-corrected chi connectivity index (χ0v) is 17.3. The Morgan fingerprint density at radius 1 is 1.21 bits per heavy atom. The van der Waals surface area contributed by atoms with Crippen molar-refractivity contribution in [2.75, 3.05) is 13.1 Å². The number of nitrogens with one attached hydrogen (secondary N) is 1. The van der Waals surface area contributed by atoms with E-state index < -0.39 is 0 Å². The number of benzene rings is 2. The third-order valence-electron chi connectivity index (χ3n) is 5.06. The molecule has 0 spiro atoms. The van der Waals surface area contributed by atoms with Gasteiger partial charge in [0.25, 0.3) is 5.91 Å². The summed E-state index contributed by atoms with van der Waals surface area (Å²) >= 11 is 6.08. The highest BCUT2D eigenvalue weighted by molar-refractivity contribution is 6.31. The molecule has 154 valence electrons. The number of piperidine rings is 1. The van der Waals surface area contributed by atoms with E-state index >= 15 is 0 Å². The molecule has 0 aliphatic carbocycles. The summed E-state index contributed by atoms with van der Waals surface area (Å²) in [5.74, 6) is -0.143. The molecule has 0 bridgehead atoms. The highest BCUT2D eigenvalue weighted by Gasteiger charge is 2.24. The molecule has 2 aromatic rings. The van der Waals surface area contributed by atoms with Crippen molar-refractivity contribution in [3.05, 3.63) is 63.9 Å². The standard InChI is InChI=1S/C22H24ClFN2O3/c1-14-3-4-16(11-20(14)24)13-25-22(28)19-12-17(23)5-6-21(19)29-18-7-9-26(10-8-18)15(2)27/h3-6,11-12,18H,7-10,13H2,1-2H3,(H,25,28). The minimum absolute atomic E-state index is 0.0579. The Labute approximate surface area is 174 Å². The van der Waals surface area contributed by atoms with Crippen LogP contribution in [0.15, 0.2) is 36.4 Å². The van der Waals surface area contributed by atoms with Crippen LogP contribution in [0.3, 0.4) is 0 Å². The van der Waals surface area contributed by atoms with E-state index in [0.717, 1.165) is 0 Å². The number of halogens is 2. The number of carbonyl (C=O) groups excluding carboxylic acids is 2. The van der Waals surface area contributed by atoms with Crippen LogP contribution in [-0.2, 0) is 11.3 Å². The zero-order chi connectivity index (χ0) is 21.0. The van der Waals surface area contributed by atoms with Crippen LogP contribution in [0, 0.1) is 12.7 Å². The third-order valence-corrected chi connectivity index (χ3v) is 5.29. The van der Waals surface area contributed by atoms with Gasteiger partial charge in [0.05, 0.1) is 5.56 Å². The normalized spacial score (nSPS) is 14.6. The highest BCUT2D eigenvalue weighted by Crippen LogP contribution is 2.26. The molecule has 2 aromatic carbocycles. The van der Waals surface area contributed by atoms with Crippen molar-refractivity contribution in [3.8, 4) is 5.75 Å². The molecule has 1 aliphatic rings. The number of carbonyl (C=O) groups is 2. The van der Waals surface area contributed by atoms with E-state index in [-0.39, 0.29) is 30.3 Å². The Morgan fingerprint density at radius 2 is 1.93 bits per heavy atom. The van der Waals surface area contributed by atoms with Crippen LogP contribution in [0.5, 0.6) is 5.75 Å². The number of amides is 2. The molecule has 1 fully saturated rings. The lowest BCUT2D eigenvalue weighted by molar-refractivity contribution is -0.130. The molecule has 3 rings (SSSR count). The van der Waals surface area contributed by atoms with Crippen molar-refractivity contribution in [2.45, 2.75) is 39.3 Å². The van der Waals surface area contributed by atoms with Crippen molar-refractivity contribution in [3.63, 3.8) is 0 Å². The highest BCUT2D eigenvalue weighted by atomic mass is 35.5. The van der Waals surface area contributed by atoms with Crippen molar-refractivity contribution in [1.82, 2.24) is 10.2 Å². The van der Waals surface area contributed by atoms with Gasteiger partial charge in [-0.1, -0.05) is 23.7 Å². The molecular formula is C22H24ClFN2O3. The number of hydrogen-bond donors (Lipinski definition) is 1. The molecular weight excluding hydrogens is 395 g/mol. The first kappa shape index (κ1) is 21.1. The summed E-state index contributed by atoms with van der Waals surface area (Å²) in [5, 5.41) is 3.22. The van der Waals surface area contributed by atoms with Gasteiger partial charge >= 0.3 is 0 Å². The number of nitrogens with zero attached hydrogens (tertiary/aromatic N) is 1. The Hall–Kier alpha value is -2.60. The van der Waals surface area contributed by atoms with Gasteiger partial charge < -0.3 is 15.0 Å². The Bertz CT molecular complexity index is 911. The van der Waals surface area contributed by atoms with Crippen molar-refractivity contribution in [2.24, 2.45) is 0 Å². The summed E-state index contributed by atoms with van der Waals surface area (Å²) in [5.41, 5.74) is 1.56. The first-order valence-electron chi connectivity index (χ1n) is 9.58. The van der Waals surface area contributed by atoms with Crippen LogP contribution < -0.4 is 10.1 Å². The van der Waals surface area contributed by atoms with Gasteiger partial charge in [0.2, 0.25) is 5.91 Å². The van der Waals surface area contributed by atoms with Crippen LogP contribution in [-0.4, -0.2) is 35.9 Å². The lowest BCUT2D eigenvalue weighted by Crippen LogP contribution is -2.40. The number of aryl methyl sites for hydroxylation is 1. The van der Waals surface area contributed by atoms with Crippen molar-refractivity contribution >= 4 is 23.4 Å². The second kappa shape index (κ2) is 9.27. The van der Waals surface area contributed by atoms with Crippen LogP contribution in [0.4, 0.5) is 4.39 Å².